The molecule has 1 rings (SSSR count). The zero-order chi connectivity index (χ0) is 7.40. The largest absolute Gasteiger partial charge is 0.300 e. The van der Waals surface area contributed by atoms with E-state index in [0.29, 0.717) is 0 Å². The van der Waals surface area contributed by atoms with E-state index in [-0.39, 0.29) is 0 Å². The van der Waals surface area contributed by atoms with Crippen molar-refractivity contribution in [2.24, 2.45) is 0 Å². The lowest BCUT2D eigenvalue weighted by Gasteiger charge is -2.18. The molecule has 10 heavy (non-hydrogen) atoms. The van der Waals surface area contributed by atoms with Crippen LogP contribution in [-0.4, -0.2) is 36.0 Å². The van der Waals surface area contributed by atoms with Gasteiger partial charge < -0.3 is 0 Å². The Morgan fingerprint density at radius 2 is 2.20 bits per heavy atom. The molecule has 1 saturated carbocycles. The molecule has 0 heterocycles. The van der Waals surface area contributed by atoms with Gasteiger partial charge in [0.15, 0.2) is 0 Å². The highest BCUT2D eigenvalue weighted by atomic mass is 32.2. The van der Waals surface area contributed by atoms with E-state index in [4.69, 9.17) is 0 Å². The summed E-state index contributed by atoms with van der Waals surface area (Å²) >= 11 is 1.95. The Labute approximate surface area is 68.2 Å². The second-order valence-corrected chi connectivity index (χ2v) is 3.84. The highest BCUT2D eigenvalue weighted by Crippen LogP contribution is 2.26. The average Bonchev–Trinajstić information content (AvgIpc) is 2.73. The van der Waals surface area contributed by atoms with Crippen molar-refractivity contribution < 1.29 is 0 Å². The first kappa shape index (κ1) is 8.41. The van der Waals surface area contributed by atoms with Crippen LogP contribution in [0.2, 0.25) is 0 Å². The molecule has 0 aromatic carbocycles. The Kier molecular flexibility index (Phi) is 3.57. The molecule has 2 heteroatoms. The van der Waals surface area contributed by atoms with Crippen molar-refractivity contribution in [2.45, 2.75) is 25.8 Å². The molecule has 0 aliphatic heterocycles. The molecule has 0 radical (unpaired) electrons. The minimum Gasteiger partial charge on any atom is -0.300 e. The zero-order valence-electron chi connectivity index (χ0n) is 6.97. The molecular weight excluding hydrogens is 142 g/mol. The van der Waals surface area contributed by atoms with Gasteiger partial charge in [-0.2, -0.15) is 11.8 Å². The van der Waals surface area contributed by atoms with Gasteiger partial charge in [0.1, 0.15) is 0 Å². The van der Waals surface area contributed by atoms with E-state index in [0.717, 1.165) is 6.04 Å². The van der Waals surface area contributed by atoms with Crippen LogP contribution in [0.4, 0.5) is 0 Å². The van der Waals surface area contributed by atoms with Crippen molar-refractivity contribution in [3.8, 4) is 0 Å². The minimum absolute atomic E-state index is 0.956. The number of nitrogens with zero attached hydrogens (tertiary/aromatic N) is 1. The van der Waals surface area contributed by atoms with E-state index in [1.165, 1.54) is 31.7 Å². The van der Waals surface area contributed by atoms with Crippen LogP contribution in [-0.2, 0) is 0 Å². The van der Waals surface area contributed by atoms with Gasteiger partial charge in [-0.25, -0.2) is 0 Å². The molecule has 0 amide bonds. The number of thioether (sulfide) groups is 1. The van der Waals surface area contributed by atoms with Crippen molar-refractivity contribution in [2.75, 3.05) is 25.1 Å². The quantitative estimate of drug-likeness (QED) is 0.602. The topological polar surface area (TPSA) is 3.24 Å². The molecule has 1 aliphatic rings. The minimum atomic E-state index is 0.956. The Hall–Kier alpha value is 0.310. The fraction of sp³-hybridized carbons (Fsp3) is 1.00. The summed E-state index contributed by atoms with van der Waals surface area (Å²) in [6, 6.07) is 0.956. The molecule has 0 atom stereocenters. The van der Waals surface area contributed by atoms with Gasteiger partial charge in [-0.05, 0) is 25.6 Å². The average molecular weight is 159 g/mol. The Morgan fingerprint density at radius 3 is 2.60 bits per heavy atom. The third-order valence-electron chi connectivity index (χ3n) is 2.05. The van der Waals surface area contributed by atoms with Crippen LogP contribution >= 0.6 is 11.8 Å². The molecule has 0 N–H and O–H groups in total. The molecule has 1 nitrogen and oxygen atoms in total. The maximum absolute atomic E-state index is 2.59. The van der Waals surface area contributed by atoms with Crippen molar-refractivity contribution in [1.82, 2.24) is 4.90 Å². The van der Waals surface area contributed by atoms with Crippen LogP contribution in [0.3, 0.4) is 0 Å². The maximum atomic E-state index is 2.59. The van der Waals surface area contributed by atoms with Gasteiger partial charge in [0.05, 0.1) is 0 Å². The first-order valence-electron chi connectivity index (χ1n) is 4.11. The molecule has 1 aliphatic carbocycles. The SMILES string of the molecule is CCN(CCSC)C1CC1. The fourth-order valence-corrected chi connectivity index (χ4v) is 1.66. The zero-order valence-corrected chi connectivity index (χ0v) is 7.78. The lowest BCUT2D eigenvalue weighted by molar-refractivity contribution is 0.296. The second-order valence-electron chi connectivity index (χ2n) is 2.85. The summed E-state index contributed by atoms with van der Waals surface area (Å²) < 4.78 is 0. The lowest BCUT2D eigenvalue weighted by atomic mass is 10.5. The summed E-state index contributed by atoms with van der Waals surface area (Å²) in [5.41, 5.74) is 0. The highest BCUT2D eigenvalue weighted by Gasteiger charge is 2.26. The Morgan fingerprint density at radius 1 is 1.50 bits per heavy atom. The third-order valence-corrected chi connectivity index (χ3v) is 2.64. The molecule has 0 saturated heterocycles. The van der Waals surface area contributed by atoms with Crippen molar-refractivity contribution in [3.05, 3.63) is 0 Å². The van der Waals surface area contributed by atoms with Gasteiger partial charge >= 0.3 is 0 Å². The van der Waals surface area contributed by atoms with Crippen LogP contribution in [0.1, 0.15) is 19.8 Å². The molecule has 60 valence electrons. The van der Waals surface area contributed by atoms with Gasteiger partial charge in [-0.1, -0.05) is 6.92 Å². The molecule has 0 bridgehead atoms. The normalized spacial score (nSPS) is 18.3. The van der Waals surface area contributed by atoms with Gasteiger partial charge in [0, 0.05) is 18.3 Å². The van der Waals surface area contributed by atoms with Crippen molar-refractivity contribution in [1.29, 1.82) is 0 Å². The standard InChI is InChI=1S/C8H17NS/c1-3-9(6-7-10-2)8-4-5-8/h8H,3-7H2,1-2H3. The van der Waals surface area contributed by atoms with E-state index in [1.54, 1.807) is 0 Å². The third kappa shape index (κ3) is 2.51. The number of hydrogen-bond donors (Lipinski definition) is 0. The highest BCUT2D eigenvalue weighted by molar-refractivity contribution is 7.98. The molecule has 0 aromatic heterocycles. The van der Waals surface area contributed by atoms with Crippen LogP contribution in [0.15, 0.2) is 0 Å². The van der Waals surface area contributed by atoms with Gasteiger partial charge in [0.25, 0.3) is 0 Å². The van der Waals surface area contributed by atoms with Crippen LogP contribution in [0.5, 0.6) is 0 Å². The molecule has 0 spiro atoms. The summed E-state index contributed by atoms with van der Waals surface area (Å²) in [7, 11) is 0. The lowest BCUT2D eigenvalue weighted by Crippen LogP contribution is -2.27. The molecular formula is C8H17NS. The van der Waals surface area contributed by atoms with E-state index in [9.17, 15) is 0 Å². The van der Waals surface area contributed by atoms with Crippen molar-refractivity contribution in [3.63, 3.8) is 0 Å². The van der Waals surface area contributed by atoms with E-state index < -0.39 is 0 Å². The molecule has 0 unspecified atom stereocenters. The van der Waals surface area contributed by atoms with Crippen LogP contribution < -0.4 is 0 Å². The van der Waals surface area contributed by atoms with Crippen molar-refractivity contribution >= 4 is 11.8 Å². The number of rotatable bonds is 5. The van der Waals surface area contributed by atoms with E-state index in [1.807, 2.05) is 11.8 Å². The Balaban J connectivity index is 2.07. The maximum Gasteiger partial charge on any atom is 0.00966 e. The Bertz CT molecular complexity index is 91.3. The summed E-state index contributed by atoms with van der Waals surface area (Å²) in [5, 5.41) is 0. The molecule has 1 fully saturated rings. The summed E-state index contributed by atoms with van der Waals surface area (Å²) in [6.45, 7) is 4.80. The number of hydrogen-bond acceptors (Lipinski definition) is 2. The van der Waals surface area contributed by atoms with Crippen LogP contribution in [0.25, 0.3) is 0 Å². The van der Waals surface area contributed by atoms with Gasteiger partial charge in [0.2, 0.25) is 0 Å². The molecule has 0 aromatic rings. The predicted molar refractivity (Wildman–Crippen MR) is 48.7 cm³/mol. The van der Waals surface area contributed by atoms with E-state index >= 15 is 0 Å². The van der Waals surface area contributed by atoms with Gasteiger partial charge in [-0.3, -0.25) is 4.90 Å². The summed E-state index contributed by atoms with van der Waals surface area (Å²) in [4.78, 5) is 2.59. The monoisotopic (exact) mass is 159 g/mol. The predicted octanol–water partition coefficient (Wildman–Crippen LogP) is 1.83. The van der Waals surface area contributed by atoms with Crippen LogP contribution in [0, 0.1) is 0 Å². The first-order valence-corrected chi connectivity index (χ1v) is 5.51. The second kappa shape index (κ2) is 4.24. The first-order chi connectivity index (χ1) is 4.88. The summed E-state index contributed by atoms with van der Waals surface area (Å²) in [6.07, 6.45) is 5.07. The van der Waals surface area contributed by atoms with Gasteiger partial charge in [-0.15, -0.1) is 0 Å². The summed E-state index contributed by atoms with van der Waals surface area (Å²) in [5.74, 6) is 1.30. The van der Waals surface area contributed by atoms with E-state index in [2.05, 4.69) is 18.1 Å². The smallest absolute Gasteiger partial charge is 0.00966 e. The fourth-order valence-electron chi connectivity index (χ4n) is 1.25.